The van der Waals surface area contributed by atoms with Crippen LogP contribution >= 0.6 is 35.0 Å². The van der Waals surface area contributed by atoms with Crippen molar-refractivity contribution >= 4 is 46.9 Å². The van der Waals surface area contributed by atoms with Gasteiger partial charge in [-0.1, -0.05) is 35.0 Å². The van der Waals surface area contributed by atoms with Crippen LogP contribution in [0, 0.1) is 6.92 Å². The van der Waals surface area contributed by atoms with E-state index < -0.39 is 17.8 Å². The van der Waals surface area contributed by atoms with E-state index in [-0.39, 0.29) is 0 Å². The minimum Gasteiger partial charge on any atom is -0.400 e. The number of likely N-dealkylation sites (tertiary alicyclic amines) is 1. The van der Waals surface area contributed by atoms with Gasteiger partial charge in [0.25, 0.3) is 0 Å². The van der Waals surface area contributed by atoms with Crippen LogP contribution in [0.15, 0.2) is 23.4 Å². The van der Waals surface area contributed by atoms with Crippen LogP contribution in [0.4, 0.5) is 0 Å². The van der Waals surface area contributed by atoms with E-state index in [9.17, 15) is 9.59 Å². The molecule has 3 heterocycles. The van der Waals surface area contributed by atoms with E-state index in [0.29, 0.717) is 34.7 Å². The Morgan fingerprint density at radius 3 is 2.69 bits per heavy atom. The molecule has 0 radical (unpaired) electrons. The lowest BCUT2D eigenvalue weighted by Crippen LogP contribution is -2.45. The smallest absolute Gasteiger partial charge is 0.400 e. The molecule has 0 unspecified atom stereocenters. The Labute approximate surface area is 181 Å². The number of thioether (sulfide) groups is 1. The predicted molar refractivity (Wildman–Crippen MR) is 107 cm³/mol. The fourth-order valence-electron chi connectivity index (χ4n) is 3.44. The third-order valence-electron chi connectivity index (χ3n) is 4.77. The molecule has 0 bridgehead atoms. The first kappa shape index (κ1) is 20.5. The summed E-state index contributed by atoms with van der Waals surface area (Å²) in [4.78, 5) is 29.2. The Bertz CT molecular complexity index is 951. The molecule has 0 aliphatic carbocycles. The first-order valence-electron chi connectivity index (χ1n) is 9.11. The number of rotatable bonds is 6. The molecule has 0 N–H and O–H groups in total. The van der Waals surface area contributed by atoms with Gasteiger partial charge in [-0.25, -0.2) is 24.2 Å². The third kappa shape index (κ3) is 4.09. The van der Waals surface area contributed by atoms with Crippen molar-refractivity contribution in [3.63, 3.8) is 0 Å². The second-order valence-electron chi connectivity index (χ2n) is 6.74. The molecule has 2 saturated heterocycles. The van der Waals surface area contributed by atoms with Crippen LogP contribution in [0.3, 0.4) is 0 Å². The van der Waals surface area contributed by atoms with Gasteiger partial charge >= 0.3 is 17.8 Å². The number of nitrogens with zero attached hydrogens (tertiary/aromatic N) is 4. The number of hydrogen-bond donors (Lipinski definition) is 0. The Kier molecular flexibility index (Phi) is 5.74. The normalized spacial score (nSPS) is 18.4. The molecule has 11 heteroatoms. The van der Waals surface area contributed by atoms with E-state index in [1.54, 1.807) is 16.8 Å². The molecule has 1 aromatic heterocycles. The molecule has 1 spiro atoms. The van der Waals surface area contributed by atoms with Crippen molar-refractivity contribution in [1.29, 1.82) is 0 Å². The van der Waals surface area contributed by atoms with Crippen molar-refractivity contribution < 1.29 is 19.1 Å². The number of aromatic nitrogens is 3. The molecule has 2 aliphatic rings. The number of aryl methyl sites for hydroxylation is 1. The number of carbonyl (C=O) groups is 2. The van der Waals surface area contributed by atoms with Gasteiger partial charge in [0.2, 0.25) is 5.16 Å². The van der Waals surface area contributed by atoms with E-state index in [4.69, 9.17) is 32.7 Å². The SMILES string of the molecule is Cc1nc(SCCCN2CCCC23OC(=O)C(=O)O3)nn1-c1ccc(Cl)c(Cl)c1. The minimum absolute atomic E-state index is 0.459. The number of ether oxygens (including phenoxy) is 2. The number of carbonyl (C=O) groups excluding carboxylic acids is 2. The van der Waals surface area contributed by atoms with Crippen molar-refractivity contribution in [2.24, 2.45) is 0 Å². The molecule has 29 heavy (non-hydrogen) atoms. The van der Waals surface area contributed by atoms with Crippen molar-refractivity contribution in [1.82, 2.24) is 19.7 Å². The molecular formula is C18H18Cl2N4O4S. The summed E-state index contributed by atoms with van der Waals surface area (Å²) in [5.41, 5.74) is 0.792. The molecular weight excluding hydrogens is 439 g/mol. The summed E-state index contributed by atoms with van der Waals surface area (Å²) in [6.45, 7) is 3.23. The first-order valence-corrected chi connectivity index (χ1v) is 10.9. The zero-order chi connectivity index (χ0) is 20.6. The Morgan fingerprint density at radius 2 is 1.97 bits per heavy atom. The maximum atomic E-state index is 11.4. The maximum absolute atomic E-state index is 11.4. The summed E-state index contributed by atoms with van der Waals surface area (Å²) in [5, 5.41) is 6.13. The molecule has 1 aromatic carbocycles. The largest absolute Gasteiger partial charge is 0.421 e. The standard InChI is InChI=1S/C18H18Cl2N4O4S/c1-11-21-17(22-24(11)12-4-5-13(19)14(20)10-12)29-9-3-8-23-7-2-6-18(23)27-15(25)16(26)28-18/h4-5,10H,2-3,6-9H2,1H3. The number of benzene rings is 1. The van der Waals surface area contributed by atoms with E-state index in [1.807, 2.05) is 17.9 Å². The van der Waals surface area contributed by atoms with Crippen LogP contribution in [-0.4, -0.2) is 56.4 Å². The summed E-state index contributed by atoms with van der Waals surface area (Å²) in [6, 6.07) is 5.31. The van der Waals surface area contributed by atoms with Gasteiger partial charge in [-0.05, 0) is 38.0 Å². The van der Waals surface area contributed by atoms with Crippen LogP contribution in [-0.2, 0) is 19.1 Å². The molecule has 2 aromatic rings. The van der Waals surface area contributed by atoms with E-state index in [2.05, 4.69) is 10.1 Å². The lowest BCUT2D eigenvalue weighted by Gasteiger charge is -2.30. The fraction of sp³-hybridized carbons (Fsp3) is 0.444. The van der Waals surface area contributed by atoms with E-state index in [0.717, 1.165) is 30.1 Å². The molecule has 2 aliphatic heterocycles. The lowest BCUT2D eigenvalue weighted by molar-refractivity contribution is -0.234. The van der Waals surface area contributed by atoms with E-state index in [1.165, 1.54) is 11.8 Å². The van der Waals surface area contributed by atoms with Crippen LogP contribution in [0.2, 0.25) is 10.0 Å². The van der Waals surface area contributed by atoms with Crippen LogP contribution in [0.5, 0.6) is 0 Å². The summed E-state index contributed by atoms with van der Waals surface area (Å²) in [6.07, 6.45) is 2.11. The van der Waals surface area contributed by atoms with Gasteiger partial charge in [0.05, 0.1) is 15.7 Å². The maximum Gasteiger partial charge on any atom is 0.421 e. The highest BCUT2D eigenvalue weighted by atomic mass is 35.5. The van der Waals surface area contributed by atoms with E-state index >= 15 is 0 Å². The van der Waals surface area contributed by atoms with Gasteiger partial charge in [0, 0.05) is 25.3 Å². The van der Waals surface area contributed by atoms with Crippen molar-refractivity contribution in [2.45, 2.75) is 37.3 Å². The average molecular weight is 457 g/mol. The predicted octanol–water partition coefficient (Wildman–Crippen LogP) is 3.21. The minimum atomic E-state index is -1.21. The zero-order valence-electron chi connectivity index (χ0n) is 15.6. The van der Waals surface area contributed by atoms with Gasteiger partial charge in [0.1, 0.15) is 5.82 Å². The zero-order valence-corrected chi connectivity index (χ0v) is 17.9. The summed E-state index contributed by atoms with van der Waals surface area (Å²) in [7, 11) is 0. The van der Waals surface area contributed by atoms with Crippen molar-refractivity contribution in [2.75, 3.05) is 18.8 Å². The molecule has 8 nitrogen and oxygen atoms in total. The van der Waals surface area contributed by atoms with Gasteiger partial charge in [-0.3, -0.25) is 0 Å². The Balaban J connectivity index is 1.33. The Hall–Kier alpha value is -1.81. The number of hydrogen-bond acceptors (Lipinski definition) is 8. The summed E-state index contributed by atoms with van der Waals surface area (Å²) < 4.78 is 12.1. The quantitative estimate of drug-likeness (QED) is 0.283. The summed E-state index contributed by atoms with van der Waals surface area (Å²) in [5.74, 6) is -1.53. The van der Waals surface area contributed by atoms with Gasteiger partial charge < -0.3 is 9.47 Å². The van der Waals surface area contributed by atoms with Gasteiger partial charge in [-0.15, -0.1) is 5.10 Å². The third-order valence-corrected chi connectivity index (χ3v) is 6.44. The van der Waals surface area contributed by atoms with Gasteiger partial charge in [0.15, 0.2) is 0 Å². The van der Waals surface area contributed by atoms with Crippen LogP contribution < -0.4 is 0 Å². The monoisotopic (exact) mass is 456 g/mol. The van der Waals surface area contributed by atoms with Crippen molar-refractivity contribution in [3.05, 3.63) is 34.1 Å². The van der Waals surface area contributed by atoms with Crippen LogP contribution in [0.1, 0.15) is 25.1 Å². The molecule has 0 amide bonds. The summed E-state index contributed by atoms with van der Waals surface area (Å²) >= 11 is 13.6. The lowest BCUT2D eigenvalue weighted by atomic mass is 10.3. The topological polar surface area (TPSA) is 86.6 Å². The molecule has 0 saturated carbocycles. The Morgan fingerprint density at radius 1 is 1.21 bits per heavy atom. The first-order chi connectivity index (χ1) is 13.9. The second kappa shape index (κ2) is 8.14. The van der Waals surface area contributed by atoms with Crippen molar-refractivity contribution in [3.8, 4) is 5.69 Å². The molecule has 154 valence electrons. The number of esters is 2. The highest BCUT2D eigenvalue weighted by Crippen LogP contribution is 2.36. The fourth-order valence-corrected chi connectivity index (χ4v) is 4.52. The molecule has 0 atom stereocenters. The van der Waals surface area contributed by atoms with Crippen LogP contribution in [0.25, 0.3) is 5.69 Å². The second-order valence-corrected chi connectivity index (χ2v) is 8.61. The average Bonchev–Trinajstić information content (AvgIpc) is 3.32. The van der Waals surface area contributed by atoms with Gasteiger partial charge in [-0.2, -0.15) is 0 Å². The molecule has 4 rings (SSSR count). The highest BCUT2D eigenvalue weighted by Gasteiger charge is 2.55. The molecule has 2 fully saturated rings. The highest BCUT2D eigenvalue weighted by molar-refractivity contribution is 7.99. The number of halogens is 2.